The van der Waals surface area contributed by atoms with Gasteiger partial charge in [0.1, 0.15) is 5.15 Å². The van der Waals surface area contributed by atoms with Gasteiger partial charge in [-0.05, 0) is 61.1 Å². The Labute approximate surface area is 276 Å². The zero-order chi connectivity index (χ0) is 33.0. The van der Waals surface area contributed by atoms with Crippen LogP contribution in [0.25, 0.3) is 11.3 Å². The summed E-state index contributed by atoms with van der Waals surface area (Å²) in [5.41, 5.74) is 4.61. The van der Waals surface area contributed by atoms with Crippen molar-refractivity contribution in [2.75, 3.05) is 24.4 Å². The van der Waals surface area contributed by atoms with Gasteiger partial charge in [0, 0.05) is 49.4 Å². The van der Waals surface area contributed by atoms with Crippen LogP contribution in [0.15, 0.2) is 83.8 Å². The number of β-amino-alcohol motifs (C(OH)–C–C–N with tert-alkyl or cyclic N) is 1. The quantitative estimate of drug-likeness (QED) is 0.213. The van der Waals surface area contributed by atoms with Crippen molar-refractivity contribution < 1.29 is 18.3 Å². The number of hydrogen-bond donors (Lipinski definition) is 2. The number of rotatable bonds is 9. The molecule has 4 aromatic rings. The molecule has 3 aromatic carbocycles. The predicted molar refractivity (Wildman–Crippen MR) is 181 cm³/mol. The molecule has 242 valence electrons. The predicted octanol–water partition coefficient (Wildman–Crippen LogP) is 5.95. The zero-order valence-corrected chi connectivity index (χ0v) is 28.1. The minimum Gasteiger partial charge on any atom is -0.390 e. The van der Waals surface area contributed by atoms with Crippen LogP contribution in [0.5, 0.6) is 0 Å². The third kappa shape index (κ3) is 8.11. The number of amides is 1. The number of nitrogens with zero attached hydrogens (tertiary/aromatic N) is 4. The number of halogens is 1. The van der Waals surface area contributed by atoms with Gasteiger partial charge in [0.25, 0.3) is 15.9 Å². The Morgan fingerprint density at radius 3 is 2.35 bits per heavy atom. The second-order valence-corrected chi connectivity index (χ2v) is 14.4. The van der Waals surface area contributed by atoms with Crippen LogP contribution in [0.1, 0.15) is 47.3 Å². The van der Waals surface area contributed by atoms with E-state index in [9.17, 15) is 18.3 Å². The smallest absolute Gasteiger partial charge is 0.264 e. The number of hydrogen-bond acceptors (Lipinski definition) is 7. The van der Waals surface area contributed by atoms with Gasteiger partial charge in [-0.25, -0.2) is 23.1 Å². The highest BCUT2D eigenvalue weighted by Gasteiger charge is 2.32. The summed E-state index contributed by atoms with van der Waals surface area (Å²) in [6.07, 6.45) is 0.0789. The first-order valence-electron chi connectivity index (χ1n) is 15.4. The van der Waals surface area contributed by atoms with Gasteiger partial charge in [-0.15, -0.1) is 0 Å². The van der Waals surface area contributed by atoms with Crippen molar-refractivity contribution in [2.45, 2.75) is 57.7 Å². The number of aliphatic hydroxyl groups is 1. The molecule has 5 rings (SSSR count). The highest BCUT2D eigenvalue weighted by atomic mass is 35.5. The molecule has 0 radical (unpaired) electrons. The summed E-state index contributed by atoms with van der Waals surface area (Å²) in [6.45, 7) is 9.82. The molecule has 11 heteroatoms. The molecule has 2 N–H and O–H groups in total. The van der Waals surface area contributed by atoms with E-state index >= 15 is 0 Å². The largest absolute Gasteiger partial charge is 0.390 e. The average Bonchev–Trinajstić information content (AvgIpc) is 3.14. The Morgan fingerprint density at radius 2 is 1.65 bits per heavy atom. The standard InChI is InChI=1S/C35H40ClN5O4S/c1-23(2)16-28-20-41(22-29(42)21-40(28)19-26-12-6-5-7-13-26)34(43)27-14-9-15-30(17-27)46(44,45)39-35-37-31(18-32(36)38-35)33-24(3)10-8-11-25(33)4/h5-15,17-18,23,28-29,42H,16,19-22H2,1-4H3,(H,37,38,39)/t28-,29+/m0/s1. The number of carbonyl (C=O) groups is 1. The molecular weight excluding hydrogens is 622 g/mol. The van der Waals surface area contributed by atoms with Crippen molar-refractivity contribution in [2.24, 2.45) is 5.92 Å². The van der Waals surface area contributed by atoms with E-state index in [1.807, 2.05) is 50.2 Å². The molecule has 0 spiro atoms. The average molecular weight is 662 g/mol. The van der Waals surface area contributed by atoms with Gasteiger partial charge in [0.15, 0.2) is 0 Å². The van der Waals surface area contributed by atoms with E-state index in [-0.39, 0.29) is 40.1 Å². The van der Waals surface area contributed by atoms with Crippen LogP contribution in [-0.2, 0) is 16.6 Å². The van der Waals surface area contributed by atoms with Gasteiger partial charge >= 0.3 is 0 Å². The van der Waals surface area contributed by atoms with E-state index in [0.717, 1.165) is 28.7 Å². The summed E-state index contributed by atoms with van der Waals surface area (Å²) in [5.74, 6) is -0.144. The molecule has 2 heterocycles. The second-order valence-electron chi connectivity index (χ2n) is 12.4. The number of aryl methyl sites for hydroxylation is 2. The highest BCUT2D eigenvalue weighted by Crippen LogP contribution is 2.29. The van der Waals surface area contributed by atoms with E-state index in [0.29, 0.717) is 31.2 Å². The van der Waals surface area contributed by atoms with E-state index in [1.165, 1.54) is 18.2 Å². The van der Waals surface area contributed by atoms with Gasteiger partial charge in [-0.1, -0.05) is 80.0 Å². The summed E-state index contributed by atoms with van der Waals surface area (Å²) in [6, 6.07) is 23.4. The van der Waals surface area contributed by atoms with Gasteiger partial charge < -0.3 is 10.0 Å². The van der Waals surface area contributed by atoms with Crippen molar-refractivity contribution in [1.29, 1.82) is 0 Å². The Kier molecular flexibility index (Phi) is 10.4. The molecule has 46 heavy (non-hydrogen) atoms. The lowest BCUT2D eigenvalue weighted by molar-refractivity contribution is 0.0660. The van der Waals surface area contributed by atoms with Crippen LogP contribution in [0.4, 0.5) is 5.95 Å². The molecule has 0 aliphatic carbocycles. The molecule has 1 saturated heterocycles. The second kappa shape index (κ2) is 14.3. The summed E-state index contributed by atoms with van der Waals surface area (Å²) in [7, 11) is -4.19. The fourth-order valence-corrected chi connectivity index (χ4v) is 7.26. The van der Waals surface area contributed by atoms with Gasteiger partial charge in [0.2, 0.25) is 5.95 Å². The number of carbonyl (C=O) groups excluding carboxylic acids is 1. The van der Waals surface area contributed by atoms with Crippen molar-refractivity contribution in [3.63, 3.8) is 0 Å². The fourth-order valence-electron chi connectivity index (χ4n) is 6.09. The first-order valence-corrected chi connectivity index (χ1v) is 17.2. The molecule has 9 nitrogen and oxygen atoms in total. The molecule has 1 aliphatic rings. The minimum atomic E-state index is -4.19. The number of benzene rings is 3. The van der Waals surface area contributed by atoms with Crippen LogP contribution in [0.2, 0.25) is 5.15 Å². The van der Waals surface area contributed by atoms with E-state index < -0.39 is 16.1 Å². The Bertz CT molecular complexity index is 1780. The lowest BCUT2D eigenvalue weighted by Gasteiger charge is -2.33. The number of sulfonamides is 1. The number of aromatic nitrogens is 2. The summed E-state index contributed by atoms with van der Waals surface area (Å²) in [5, 5.41) is 11.1. The Balaban J connectivity index is 1.38. The highest BCUT2D eigenvalue weighted by molar-refractivity contribution is 7.92. The zero-order valence-electron chi connectivity index (χ0n) is 26.5. The lowest BCUT2D eigenvalue weighted by Crippen LogP contribution is -2.43. The number of nitrogens with one attached hydrogen (secondary N) is 1. The summed E-state index contributed by atoms with van der Waals surface area (Å²) < 4.78 is 29.5. The van der Waals surface area contributed by atoms with E-state index in [2.05, 4.69) is 45.6 Å². The van der Waals surface area contributed by atoms with Gasteiger partial charge in [-0.2, -0.15) is 0 Å². The Morgan fingerprint density at radius 1 is 0.957 bits per heavy atom. The van der Waals surface area contributed by atoms with Crippen LogP contribution >= 0.6 is 11.6 Å². The van der Waals surface area contributed by atoms with Crippen molar-refractivity contribution in [1.82, 2.24) is 19.8 Å². The molecular formula is C35H40ClN5O4S. The molecule has 0 bridgehead atoms. The van der Waals surface area contributed by atoms with E-state index in [1.54, 1.807) is 17.0 Å². The first kappa shape index (κ1) is 33.5. The fraction of sp³-hybridized carbons (Fsp3) is 0.343. The maximum atomic E-state index is 13.9. The van der Waals surface area contributed by atoms with Crippen molar-refractivity contribution in [3.8, 4) is 11.3 Å². The van der Waals surface area contributed by atoms with Crippen LogP contribution in [-0.4, -0.2) is 71.0 Å². The molecule has 0 unspecified atom stereocenters. The summed E-state index contributed by atoms with van der Waals surface area (Å²) >= 11 is 6.30. The maximum Gasteiger partial charge on any atom is 0.264 e. The van der Waals surface area contributed by atoms with Crippen LogP contribution in [0, 0.1) is 19.8 Å². The van der Waals surface area contributed by atoms with Gasteiger partial charge in [-0.3, -0.25) is 9.69 Å². The van der Waals surface area contributed by atoms with E-state index in [4.69, 9.17) is 11.6 Å². The third-order valence-corrected chi connectivity index (χ3v) is 9.65. The molecule has 2 atom stereocenters. The SMILES string of the molecule is Cc1cccc(C)c1-c1cc(Cl)nc(NS(=O)(=O)c2cccc(C(=O)N3C[C@H](O)CN(Cc4ccccc4)[C@@H](CC(C)C)C3)c2)n1. The van der Waals surface area contributed by atoms with Crippen molar-refractivity contribution >= 4 is 33.5 Å². The summed E-state index contributed by atoms with van der Waals surface area (Å²) in [4.78, 5) is 26.2. The molecule has 0 saturated carbocycles. The third-order valence-electron chi connectivity index (χ3n) is 8.13. The monoisotopic (exact) mass is 661 g/mol. The first-order chi connectivity index (χ1) is 21.9. The molecule has 1 aromatic heterocycles. The molecule has 1 fully saturated rings. The van der Waals surface area contributed by atoms with Crippen molar-refractivity contribution in [3.05, 3.63) is 106 Å². The topological polar surface area (TPSA) is 116 Å². The van der Waals surface area contributed by atoms with Crippen LogP contribution in [0.3, 0.4) is 0 Å². The maximum absolute atomic E-state index is 13.9. The minimum absolute atomic E-state index is 0.0148. The normalized spacial score (nSPS) is 17.6. The number of anilines is 1. The number of aliphatic hydroxyl groups excluding tert-OH is 1. The Hall–Kier alpha value is -3.83. The lowest BCUT2D eigenvalue weighted by atomic mass is 10.00. The molecule has 1 amide bonds. The van der Waals surface area contributed by atoms with Crippen LogP contribution < -0.4 is 4.72 Å². The van der Waals surface area contributed by atoms with Gasteiger partial charge in [0.05, 0.1) is 16.7 Å². The molecule has 1 aliphatic heterocycles.